The molecule has 0 spiro atoms. The second-order valence-electron chi connectivity index (χ2n) is 5.44. The zero-order chi connectivity index (χ0) is 18.9. The van der Waals surface area contributed by atoms with Crippen molar-refractivity contribution in [2.75, 3.05) is 26.1 Å². The van der Waals surface area contributed by atoms with E-state index < -0.39 is 0 Å². The molecule has 0 aliphatic carbocycles. The summed E-state index contributed by atoms with van der Waals surface area (Å²) in [6.07, 6.45) is 3.95. The van der Waals surface area contributed by atoms with Gasteiger partial charge in [-0.1, -0.05) is 24.6 Å². The van der Waals surface area contributed by atoms with Gasteiger partial charge in [-0.15, -0.1) is 0 Å². The number of ether oxygens (including phenoxy) is 3. The number of hydrogen-bond donors (Lipinski definition) is 1. The Bertz CT molecular complexity index is 789. The summed E-state index contributed by atoms with van der Waals surface area (Å²) in [6.45, 7) is 2.56. The summed E-state index contributed by atoms with van der Waals surface area (Å²) in [5.41, 5.74) is 1.38. The van der Waals surface area contributed by atoms with Crippen molar-refractivity contribution < 1.29 is 19.0 Å². The lowest BCUT2D eigenvalue weighted by Gasteiger charge is -2.12. The molecule has 2 rings (SSSR count). The first-order valence-corrected chi connectivity index (χ1v) is 8.58. The molecule has 0 saturated heterocycles. The van der Waals surface area contributed by atoms with Crippen LogP contribution in [0.3, 0.4) is 0 Å². The molecule has 0 atom stereocenters. The molecule has 0 aromatic heterocycles. The van der Waals surface area contributed by atoms with E-state index in [1.54, 1.807) is 50.6 Å². The topological polar surface area (TPSA) is 56.8 Å². The maximum absolute atomic E-state index is 12.1. The van der Waals surface area contributed by atoms with Crippen molar-refractivity contribution in [3.05, 3.63) is 53.1 Å². The van der Waals surface area contributed by atoms with Crippen LogP contribution in [0.5, 0.6) is 17.2 Å². The van der Waals surface area contributed by atoms with Gasteiger partial charge in [0.1, 0.15) is 5.75 Å². The van der Waals surface area contributed by atoms with Gasteiger partial charge in [0.25, 0.3) is 0 Å². The lowest BCUT2D eigenvalue weighted by molar-refractivity contribution is -0.111. The van der Waals surface area contributed by atoms with Crippen LogP contribution in [0.2, 0.25) is 5.02 Å². The number of nitrogens with one attached hydrogen (secondary N) is 1. The van der Waals surface area contributed by atoms with Crippen LogP contribution in [0.4, 0.5) is 5.69 Å². The second kappa shape index (κ2) is 9.73. The summed E-state index contributed by atoms with van der Waals surface area (Å²) in [6, 6.07) is 10.6. The van der Waals surface area contributed by atoms with Gasteiger partial charge in [-0.3, -0.25) is 4.79 Å². The molecule has 2 aromatic rings. The smallest absolute Gasteiger partial charge is 0.248 e. The SMILES string of the molecule is CCCOc1c(Cl)cc(/C=C/C(=O)Nc2cccc(OC)c2)cc1OC. The highest BCUT2D eigenvalue weighted by Crippen LogP contribution is 2.36. The lowest BCUT2D eigenvalue weighted by Crippen LogP contribution is -2.07. The van der Waals surface area contributed by atoms with Crippen LogP contribution in [0, 0.1) is 0 Å². The van der Waals surface area contributed by atoms with E-state index in [0.717, 1.165) is 12.0 Å². The molecule has 1 amide bonds. The summed E-state index contributed by atoms with van der Waals surface area (Å²) >= 11 is 6.27. The third kappa shape index (κ3) is 5.43. The van der Waals surface area contributed by atoms with E-state index in [4.69, 9.17) is 25.8 Å². The number of hydrogen-bond acceptors (Lipinski definition) is 4. The molecular formula is C20H22ClNO4. The van der Waals surface area contributed by atoms with E-state index >= 15 is 0 Å². The van der Waals surface area contributed by atoms with Gasteiger partial charge in [-0.05, 0) is 42.3 Å². The molecule has 2 aromatic carbocycles. The van der Waals surface area contributed by atoms with Gasteiger partial charge in [-0.25, -0.2) is 0 Å². The molecular weight excluding hydrogens is 354 g/mol. The molecule has 1 N–H and O–H groups in total. The Morgan fingerprint density at radius 2 is 2.00 bits per heavy atom. The van der Waals surface area contributed by atoms with Gasteiger partial charge < -0.3 is 19.5 Å². The van der Waals surface area contributed by atoms with Gasteiger partial charge in [-0.2, -0.15) is 0 Å². The zero-order valence-electron chi connectivity index (χ0n) is 15.0. The first-order chi connectivity index (χ1) is 12.6. The number of methoxy groups -OCH3 is 2. The van der Waals surface area contributed by atoms with Gasteiger partial charge in [0.05, 0.1) is 25.8 Å². The molecule has 0 heterocycles. The van der Waals surface area contributed by atoms with Crippen molar-refractivity contribution in [2.24, 2.45) is 0 Å². The molecule has 6 heteroatoms. The maximum Gasteiger partial charge on any atom is 0.248 e. The minimum atomic E-state index is -0.264. The summed E-state index contributed by atoms with van der Waals surface area (Å²) < 4.78 is 16.1. The summed E-state index contributed by atoms with van der Waals surface area (Å²) in [4.78, 5) is 12.1. The molecule has 0 fully saturated rings. The molecule has 5 nitrogen and oxygen atoms in total. The average molecular weight is 376 g/mol. The molecule has 138 valence electrons. The van der Waals surface area contributed by atoms with Crippen LogP contribution >= 0.6 is 11.6 Å². The van der Waals surface area contributed by atoms with E-state index in [0.29, 0.717) is 34.6 Å². The van der Waals surface area contributed by atoms with Crippen LogP contribution in [-0.4, -0.2) is 26.7 Å². The van der Waals surface area contributed by atoms with Crippen LogP contribution in [0.1, 0.15) is 18.9 Å². The average Bonchev–Trinajstić information content (AvgIpc) is 2.65. The highest BCUT2D eigenvalue weighted by Gasteiger charge is 2.11. The van der Waals surface area contributed by atoms with Crippen LogP contribution in [-0.2, 0) is 4.79 Å². The fraction of sp³-hybridized carbons (Fsp3) is 0.250. The predicted molar refractivity (Wildman–Crippen MR) is 104 cm³/mol. The third-order valence-corrected chi connectivity index (χ3v) is 3.75. The number of anilines is 1. The number of amides is 1. The van der Waals surface area contributed by atoms with Gasteiger partial charge in [0.2, 0.25) is 5.91 Å². The van der Waals surface area contributed by atoms with Crippen molar-refractivity contribution in [3.63, 3.8) is 0 Å². The minimum Gasteiger partial charge on any atom is -0.497 e. The molecule has 0 aliphatic heterocycles. The number of benzene rings is 2. The summed E-state index contributed by atoms with van der Waals surface area (Å²) in [5, 5.41) is 3.21. The van der Waals surface area contributed by atoms with E-state index in [-0.39, 0.29) is 5.91 Å². The van der Waals surface area contributed by atoms with Crippen molar-refractivity contribution in [1.29, 1.82) is 0 Å². The predicted octanol–water partition coefficient (Wildman–Crippen LogP) is 4.80. The zero-order valence-corrected chi connectivity index (χ0v) is 15.8. The summed E-state index contributed by atoms with van der Waals surface area (Å²) in [5.74, 6) is 1.44. The molecule has 0 saturated carbocycles. The third-order valence-electron chi connectivity index (χ3n) is 3.47. The standard InChI is InChI=1S/C20H22ClNO4/c1-4-10-26-20-17(21)11-14(12-18(20)25-3)8-9-19(23)22-15-6-5-7-16(13-15)24-2/h5-9,11-13H,4,10H2,1-3H3,(H,22,23)/b9-8+. The Kier molecular flexibility index (Phi) is 7.36. The van der Waals surface area contributed by atoms with E-state index in [9.17, 15) is 4.79 Å². The van der Waals surface area contributed by atoms with Crippen molar-refractivity contribution in [2.45, 2.75) is 13.3 Å². The molecule has 0 bridgehead atoms. The van der Waals surface area contributed by atoms with Crippen molar-refractivity contribution in [3.8, 4) is 17.2 Å². The van der Waals surface area contributed by atoms with Crippen molar-refractivity contribution in [1.82, 2.24) is 0 Å². The van der Waals surface area contributed by atoms with Crippen molar-refractivity contribution >= 4 is 29.3 Å². The van der Waals surface area contributed by atoms with Crippen LogP contribution in [0.15, 0.2) is 42.5 Å². The van der Waals surface area contributed by atoms with Gasteiger partial charge in [0, 0.05) is 17.8 Å². The highest BCUT2D eigenvalue weighted by atomic mass is 35.5. The molecule has 0 aliphatic rings. The minimum absolute atomic E-state index is 0.264. The Balaban J connectivity index is 2.11. The summed E-state index contributed by atoms with van der Waals surface area (Å²) in [7, 11) is 3.12. The number of carbonyl (C=O) groups is 1. The van der Waals surface area contributed by atoms with Gasteiger partial charge >= 0.3 is 0 Å². The van der Waals surface area contributed by atoms with Crippen LogP contribution < -0.4 is 19.5 Å². The monoisotopic (exact) mass is 375 g/mol. The van der Waals surface area contributed by atoms with Gasteiger partial charge in [0.15, 0.2) is 11.5 Å². The van der Waals surface area contributed by atoms with E-state index in [1.165, 1.54) is 6.08 Å². The first-order valence-electron chi connectivity index (χ1n) is 8.20. The highest BCUT2D eigenvalue weighted by molar-refractivity contribution is 6.32. The number of halogens is 1. The Morgan fingerprint density at radius 1 is 1.19 bits per heavy atom. The maximum atomic E-state index is 12.1. The largest absolute Gasteiger partial charge is 0.497 e. The molecule has 0 radical (unpaired) electrons. The second-order valence-corrected chi connectivity index (χ2v) is 5.84. The Hall–Kier alpha value is -2.66. The Morgan fingerprint density at radius 3 is 2.69 bits per heavy atom. The number of carbonyl (C=O) groups excluding carboxylic acids is 1. The fourth-order valence-corrected chi connectivity index (χ4v) is 2.51. The lowest BCUT2D eigenvalue weighted by atomic mass is 10.2. The first kappa shape index (κ1) is 19.7. The van der Waals surface area contributed by atoms with E-state index in [2.05, 4.69) is 5.32 Å². The molecule has 0 unspecified atom stereocenters. The van der Waals surface area contributed by atoms with E-state index in [1.807, 2.05) is 13.0 Å². The Labute approximate surface area is 158 Å². The number of rotatable bonds is 8. The van der Waals surface area contributed by atoms with Crippen LogP contribution in [0.25, 0.3) is 6.08 Å². The fourth-order valence-electron chi connectivity index (χ4n) is 2.24. The molecule has 26 heavy (non-hydrogen) atoms. The normalized spacial score (nSPS) is 10.6. The quantitative estimate of drug-likeness (QED) is 0.673.